The van der Waals surface area contributed by atoms with Crippen LogP contribution < -0.4 is 0 Å². The van der Waals surface area contributed by atoms with Crippen molar-refractivity contribution in [2.75, 3.05) is 39.6 Å². The summed E-state index contributed by atoms with van der Waals surface area (Å²) >= 11 is 0. The van der Waals surface area contributed by atoms with Gasteiger partial charge in [0.2, 0.25) is 0 Å². The van der Waals surface area contributed by atoms with Gasteiger partial charge in [-0.1, -0.05) is 259 Å². The summed E-state index contributed by atoms with van der Waals surface area (Å²) in [5.41, 5.74) is 0. The van der Waals surface area contributed by atoms with E-state index in [0.717, 1.165) is 193 Å². The van der Waals surface area contributed by atoms with Crippen LogP contribution in [0.5, 0.6) is 0 Å². The second-order valence-corrected chi connectivity index (χ2v) is 28.8. The van der Waals surface area contributed by atoms with Gasteiger partial charge in [-0.3, -0.25) is 37.3 Å². The Morgan fingerprint density at radius 1 is 0.290 bits per heavy atom. The number of ether oxygens (including phenoxy) is 4. The van der Waals surface area contributed by atoms with E-state index in [0.29, 0.717) is 25.7 Å². The molecule has 17 nitrogen and oxygen atoms in total. The number of unbranched alkanes of at least 4 members (excludes halogenated alkanes) is 29. The predicted octanol–water partition coefficient (Wildman–Crippen LogP) is 22.6. The second-order valence-electron chi connectivity index (χ2n) is 25.9. The van der Waals surface area contributed by atoms with E-state index >= 15 is 0 Å². The molecule has 5 atom stereocenters. The number of esters is 4. The number of carbonyl (C=O) groups excluding carboxylic acids is 4. The minimum Gasteiger partial charge on any atom is -0.462 e. The molecular weight excluding hydrogens is 1310 g/mol. The van der Waals surface area contributed by atoms with Gasteiger partial charge in [0, 0.05) is 25.7 Å². The molecule has 0 heterocycles. The Morgan fingerprint density at radius 3 is 0.810 bits per heavy atom. The van der Waals surface area contributed by atoms with Crippen molar-refractivity contribution in [2.24, 2.45) is 0 Å². The summed E-state index contributed by atoms with van der Waals surface area (Å²) in [6.45, 7) is 4.58. The fourth-order valence-electron chi connectivity index (χ4n) is 10.3. The molecule has 3 N–H and O–H groups in total. The lowest BCUT2D eigenvalue weighted by Gasteiger charge is -2.21. The highest BCUT2D eigenvalue weighted by Gasteiger charge is 2.30. The number of carbonyl (C=O) groups is 4. The highest BCUT2D eigenvalue weighted by atomic mass is 31.2. The number of aliphatic hydroxyl groups is 1. The summed E-state index contributed by atoms with van der Waals surface area (Å²) in [5, 5.41) is 10.6. The van der Waals surface area contributed by atoms with Crippen molar-refractivity contribution in [3.63, 3.8) is 0 Å². The summed E-state index contributed by atoms with van der Waals surface area (Å²) in [7, 11) is -9.96. The van der Waals surface area contributed by atoms with Crippen LogP contribution in [0.25, 0.3) is 0 Å². The Balaban J connectivity index is 5.35. The number of hydrogen-bond acceptors (Lipinski definition) is 15. The number of aliphatic hydroxyl groups excluding tert-OH is 1. The average molecular weight is 1450 g/mol. The van der Waals surface area contributed by atoms with Gasteiger partial charge in [-0.15, -0.1) is 0 Å². The molecule has 0 saturated heterocycles. The normalized spacial score (nSPS) is 14.5. The first kappa shape index (κ1) is 95.7. The van der Waals surface area contributed by atoms with Gasteiger partial charge >= 0.3 is 39.5 Å². The van der Waals surface area contributed by atoms with Gasteiger partial charge in [-0.25, -0.2) is 9.13 Å². The average Bonchev–Trinajstić information content (AvgIpc) is 0.935. The summed E-state index contributed by atoms with van der Waals surface area (Å²) in [6.07, 6.45) is 77.8. The molecule has 0 aromatic rings. The largest absolute Gasteiger partial charge is 0.472 e. The van der Waals surface area contributed by atoms with Gasteiger partial charge < -0.3 is 33.8 Å². The predicted molar refractivity (Wildman–Crippen MR) is 408 cm³/mol. The van der Waals surface area contributed by atoms with Gasteiger partial charge in [0.1, 0.15) is 19.3 Å². The van der Waals surface area contributed by atoms with Crippen LogP contribution >= 0.6 is 15.6 Å². The van der Waals surface area contributed by atoms with Gasteiger partial charge in [-0.2, -0.15) is 0 Å². The van der Waals surface area contributed by atoms with E-state index in [1.807, 2.05) is 0 Å². The first-order chi connectivity index (χ1) is 48.7. The number of phosphoric acid groups is 2. The fourth-order valence-corrected chi connectivity index (χ4v) is 11.9. The third-order valence-electron chi connectivity index (χ3n) is 16.2. The number of allylic oxidation sites excluding steroid dienone is 18. The van der Waals surface area contributed by atoms with Gasteiger partial charge in [0.25, 0.3) is 0 Å². The van der Waals surface area contributed by atoms with Crippen molar-refractivity contribution < 1.29 is 80.2 Å². The molecule has 0 radical (unpaired) electrons. The van der Waals surface area contributed by atoms with Crippen molar-refractivity contribution in [3.8, 4) is 0 Å². The molecule has 0 aliphatic rings. The van der Waals surface area contributed by atoms with Gasteiger partial charge in [-0.05, 0) is 148 Å². The highest BCUT2D eigenvalue weighted by molar-refractivity contribution is 7.47. The molecule has 0 aromatic carbocycles. The van der Waals surface area contributed by atoms with Crippen molar-refractivity contribution >= 4 is 39.5 Å². The molecule has 0 aromatic heterocycles. The van der Waals surface area contributed by atoms with Gasteiger partial charge in [0.05, 0.1) is 26.4 Å². The summed E-state index contributed by atoms with van der Waals surface area (Å²) in [5.74, 6) is -2.22. The van der Waals surface area contributed by atoms with Crippen LogP contribution in [0.3, 0.4) is 0 Å². The minimum atomic E-state index is -4.98. The molecule has 0 fully saturated rings. The number of hydrogen-bond donors (Lipinski definition) is 3. The van der Waals surface area contributed by atoms with Crippen LogP contribution in [0.1, 0.15) is 323 Å². The lowest BCUT2D eigenvalue weighted by Crippen LogP contribution is -2.30. The summed E-state index contributed by atoms with van der Waals surface area (Å²) in [6, 6.07) is 0. The molecule has 0 aliphatic heterocycles. The molecule has 0 bridgehead atoms. The van der Waals surface area contributed by atoms with Crippen LogP contribution in [0.2, 0.25) is 0 Å². The van der Waals surface area contributed by atoms with Crippen molar-refractivity contribution in [1.29, 1.82) is 0 Å². The van der Waals surface area contributed by atoms with E-state index in [9.17, 15) is 43.2 Å². The monoisotopic (exact) mass is 1450 g/mol. The lowest BCUT2D eigenvalue weighted by atomic mass is 10.1. The van der Waals surface area contributed by atoms with E-state index in [-0.39, 0.29) is 25.7 Å². The third-order valence-corrected chi connectivity index (χ3v) is 18.1. The van der Waals surface area contributed by atoms with Crippen LogP contribution in [-0.4, -0.2) is 96.7 Å². The lowest BCUT2D eigenvalue weighted by molar-refractivity contribution is -0.161. The SMILES string of the molecule is CC/C=C\C/C=C\C/C=C\C/C=C\CCCCCCCCC(=O)OCC(COP(=O)(O)OCC(O)COP(=O)(O)OCC(COC(=O)CCCCCCC/C=C\C/C=C\C/C=C\CC)OC(=O)CCCCCCC/C=C\CCCCCC)OC(=O)CCCCCCC/C=C\CCCCCC. The molecule has 0 rings (SSSR count). The molecule has 0 aliphatic carbocycles. The van der Waals surface area contributed by atoms with Gasteiger partial charge in [0.15, 0.2) is 12.2 Å². The molecule has 0 saturated carbocycles. The molecule has 19 heteroatoms. The molecule has 0 amide bonds. The Bertz CT molecular complexity index is 2320. The first-order valence-electron chi connectivity index (χ1n) is 39.1. The van der Waals surface area contributed by atoms with E-state index in [4.69, 9.17) is 37.0 Å². The topological polar surface area (TPSA) is 237 Å². The molecule has 0 spiro atoms. The molecule has 576 valence electrons. The zero-order valence-electron chi connectivity index (χ0n) is 62.8. The maximum Gasteiger partial charge on any atom is 0.472 e. The van der Waals surface area contributed by atoms with Crippen molar-refractivity contribution in [2.45, 2.75) is 341 Å². The smallest absolute Gasteiger partial charge is 0.462 e. The Hall–Kier alpha value is -4.28. The van der Waals surface area contributed by atoms with Crippen LogP contribution in [0, 0.1) is 0 Å². The maximum atomic E-state index is 13.1. The Morgan fingerprint density at radius 2 is 0.520 bits per heavy atom. The van der Waals surface area contributed by atoms with Crippen molar-refractivity contribution in [3.05, 3.63) is 109 Å². The first-order valence-corrected chi connectivity index (χ1v) is 42.1. The second kappa shape index (κ2) is 73.0. The van der Waals surface area contributed by atoms with E-state index in [1.54, 1.807) is 0 Å². The number of rotatable bonds is 73. The standard InChI is InChI=1S/C81H140O17P2/c1-5-9-13-17-21-25-29-33-35-36-37-38-40-44-46-50-54-58-62-66-79(84)92-72-77(98-81(86)68-64-60-56-52-48-42-32-28-24-20-16-12-8-4)74-96-100(89,90)94-70-75(82)69-93-99(87,88)95-73-76(97-80(85)67-63-59-55-51-47-41-31-27-23-19-15-11-7-3)71-91-78(83)65-61-57-53-49-45-43-39-34-30-26-22-18-14-10-6-2/h9-10,13-14,21-22,25-28,31-35,37-39,75-77,82H,5-8,11-12,15-20,23-24,29-30,36,40-74H2,1-4H3,(H,87,88)(H,89,90)/b13-9-,14-10-,25-21-,26-22-,31-27-,32-28-,35-33-,38-37-,39-34-. The quantitative estimate of drug-likeness (QED) is 0.0169. The van der Waals surface area contributed by atoms with Crippen molar-refractivity contribution in [1.82, 2.24) is 0 Å². The maximum absolute atomic E-state index is 13.1. The fraction of sp³-hybridized carbons (Fsp3) is 0.728. The van der Waals surface area contributed by atoms with Crippen LogP contribution in [-0.2, 0) is 65.4 Å². The summed E-state index contributed by atoms with van der Waals surface area (Å²) < 4.78 is 68.5. The van der Waals surface area contributed by atoms with Crippen LogP contribution in [0.15, 0.2) is 109 Å². The molecule has 100 heavy (non-hydrogen) atoms. The van der Waals surface area contributed by atoms with Crippen LogP contribution in [0.4, 0.5) is 0 Å². The Kier molecular flexibility index (Phi) is 69.9. The van der Waals surface area contributed by atoms with E-state index < -0.39 is 97.5 Å². The summed E-state index contributed by atoms with van der Waals surface area (Å²) in [4.78, 5) is 72.9. The zero-order valence-corrected chi connectivity index (χ0v) is 64.6. The van der Waals surface area contributed by atoms with E-state index in [1.165, 1.54) is 51.4 Å². The number of phosphoric ester groups is 2. The highest BCUT2D eigenvalue weighted by Crippen LogP contribution is 2.45. The molecule has 5 unspecified atom stereocenters. The van der Waals surface area contributed by atoms with E-state index in [2.05, 4.69) is 137 Å². The zero-order chi connectivity index (χ0) is 73.2. The minimum absolute atomic E-state index is 0.0804. The third kappa shape index (κ3) is 72.1. The Labute approximate surface area is 607 Å². The molecular formula is C81H140O17P2.